The first kappa shape index (κ1) is 9.45. The van der Waals surface area contributed by atoms with Crippen molar-refractivity contribution in [2.45, 2.75) is 0 Å². The van der Waals surface area contributed by atoms with Gasteiger partial charge in [-0.1, -0.05) is 6.07 Å². The van der Waals surface area contributed by atoms with Gasteiger partial charge in [0.2, 0.25) is 0 Å². The van der Waals surface area contributed by atoms with E-state index >= 15 is 0 Å². The van der Waals surface area contributed by atoms with Gasteiger partial charge in [0, 0.05) is 15.8 Å². The molecule has 0 N–H and O–H groups in total. The van der Waals surface area contributed by atoms with Crippen LogP contribution in [0.25, 0.3) is 10.4 Å². The summed E-state index contributed by atoms with van der Waals surface area (Å²) in [5.41, 5.74) is 1.78. The van der Waals surface area contributed by atoms with E-state index in [1.54, 1.807) is 24.3 Å². The van der Waals surface area contributed by atoms with Crippen molar-refractivity contribution in [3.05, 3.63) is 46.8 Å². The predicted molar refractivity (Wildman–Crippen MR) is 58.0 cm³/mol. The molecule has 0 aliphatic rings. The summed E-state index contributed by atoms with van der Waals surface area (Å²) in [7, 11) is 0. The highest BCUT2D eigenvalue weighted by Crippen LogP contribution is 2.30. The molecule has 0 spiro atoms. The molecule has 1 aromatic heterocycles. The maximum absolute atomic E-state index is 8.97. The number of rotatable bonds is 1. The minimum atomic E-state index is 0.532. The van der Waals surface area contributed by atoms with Crippen LogP contribution in [0.1, 0.15) is 11.1 Å². The zero-order valence-electron chi connectivity index (χ0n) is 7.69. The van der Waals surface area contributed by atoms with Crippen molar-refractivity contribution < 1.29 is 0 Å². The maximum atomic E-state index is 8.97. The normalized spacial score (nSPS) is 9.20. The molecule has 2 aromatic rings. The third-order valence-corrected chi connectivity index (χ3v) is 2.84. The van der Waals surface area contributed by atoms with E-state index in [0.29, 0.717) is 16.7 Å². The van der Waals surface area contributed by atoms with Crippen LogP contribution in [0.2, 0.25) is 0 Å². The molecule has 0 aliphatic carbocycles. The van der Waals surface area contributed by atoms with Crippen molar-refractivity contribution in [3.8, 4) is 22.6 Å². The SMILES string of the molecule is N#Cc1cccc(C#N)c1-c1cc[c]s1. The summed E-state index contributed by atoms with van der Waals surface area (Å²) in [4.78, 5) is 0.906. The first-order valence-corrected chi connectivity index (χ1v) is 5.08. The highest BCUT2D eigenvalue weighted by Gasteiger charge is 2.10. The Bertz CT molecular complexity index is 524. The molecule has 1 radical (unpaired) electrons. The van der Waals surface area contributed by atoms with Gasteiger partial charge in [-0.3, -0.25) is 0 Å². The summed E-state index contributed by atoms with van der Waals surface area (Å²) in [5, 5.41) is 20.9. The lowest BCUT2D eigenvalue weighted by Gasteiger charge is -2.02. The first-order valence-electron chi connectivity index (χ1n) is 4.26. The fourth-order valence-corrected chi connectivity index (χ4v) is 2.10. The number of thiophene rings is 1. The Morgan fingerprint density at radius 3 is 2.20 bits per heavy atom. The second kappa shape index (κ2) is 3.96. The maximum Gasteiger partial charge on any atom is 0.0998 e. The van der Waals surface area contributed by atoms with Gasteiger partial charge in [-0.15, -0.1) is 11.3 Å². The van der Waals surface area contributed by atoms with Crippen LogP contribution in [0.15, 0.2) is 30.3 Å². The van der Waals surface area contributed by atoms with E-state index in [2.05, 4.69) is 17.5 Å². The summed E-state index contributed by atoms with van der Waals surface area (Å²) in [5.74, 6) is 0. The Labute approximate surface area is 91.6 Å². The lowest BCUT2D eigenvalue weighted by atomic mass is 10.0. The molecule has 1 heterocycles. The van der Waals surface area contributed by atoms with Crippen LogP contribution in [0.5, 0.6) is 0 Å². The summed E-state index contributed by atoms with van der Waals surface area (Å²) in [6.45, 7) is 0. The Morgan fingerprint density at radius 2 is 1.73 bits per heavy atom. The highest BCUT2D eigenvalue weighted by atomic mass is 32.1. The molecule has 0 unspecified atom stereocenters. The summed E-state index contributed by atoms with van der Waals surface area (Å²) >= 11 is 1.41. The van der Waals surface area contributed by atoms with Crippen LogP contribution in [0.3, 0.4) is 0 Å². The average Bonchev–Trinajstić information content (AvgIpc) is 2.81. The third-order valence-electron chi connectivity index (χ3n) is 2.02. The van der Waals surface area contributed by atoms with Crippen molar-refractivity contribution in [2.24, 2.45) is 0 Å². The average molecular weight is 209 g/mol. The largest absolute Gasteiger partial charge is 0.192 e. The second-order valence-corrected chi connectivity index (χ2v) is 3.75. The van der Waals surface area contributed by atoms with Crippen molar-refractivity contribution in [2.75, 3.05) is 0 Å². The molecule has 69 valence electrons. The molecule has 0 amide bonds. The zero-order chi connectivity index (χ0) is 10.7. The summed E-state index contributed by atoms with van der Waals surface area (Å²) in [6.07, 6.45) is 0. The van der Waals surface area contributed by atoms with Gasteiger partial charge in [0.25, 0.3) is 0 Å². The van der Waals surface area contributed by atoms with E-state index < -0.39 is 0 Å². The predicted octanol–water partition coefficient (Wildman–Crippen LogP) is 2.96. The van der Waals surface area contributed by atoms with Crippen LogP contribution < -0.4 is 0 Å². The van der Waals surface area contributed by atoms with E-state index in [1.807, 2.05) is 6.07 Å². The standard InChI is InChI=1S/C12H5N2S/c13-7-9-3-1-4-10(8-14)12(9)11-5-2-6-15-11/h1-5H. The van der Waals surface area contributed by atoms with Gasteiger partial charge in [0.05, 0.1) is 23.3 Å². The summed E-state index contributed by atoms with van der Waals surface area (Å²) < 4.78 is 0. The van der Waals surface area contributed by atoms with E-state index in [1.165, 1.54) is 11.3 Å². The molecule has 3 heteroatoms. The van der Waals surface area contributed by atoms with Gasteiger partial charge >= 0.3 is 0 Å². The summed E-state index contributed by atoms with van der Waals surface area (Å²) in [6, 6.07) is 13.0. The number of hydrogen-bond acceptors (Lipinski definition) is 3. The molecule has 0 atom stereocenters. The second-order valence-electron chi connectivity index (χ2n) is 2.87. The van der Waals surface area contributed by atoms with E-state index in [4.69, 9.17) is 10.5 Å². The number of hydrogen-bond donors (Lipinski definition) is 0. The van der Waals surface area contributed by atoms with Crippen molar-refractivity contribution >= 4 is 11.3 Å². The fourth-order valence-electron chi connectivity index (χ4n) is 1.38. The molecule has 0 bridgehead atoms. The quantitative estimate of drug-likeness (QED) is 0.724. The minimum absolute atomic E-state index is 0.532. The molecule has 1 aromatic carbocycles. The number of nitrogens with zero attached hydrogens (tertiary/aromatic N) is 2. The fraction of sp³-hybridized carbons (Fsp3) is 0. The monoisotopic (exact) mass is 209 g/mol. The molecule has 0 fully saturated rings. The first-order chi connectivity index (χ1) is 7.36. The van der Waals surface area contributed by atoms with E-state index in [9.17, 15) is 0 Å². The van der Waals surface area contributed by atoms with Crippen LogP contribution in [-0.2, 0) is 0 Å². The molecule has 0 saturated heterocycles. The van der Waals surface area contributed by atoms with Crippen molar-refractivity contribution in [1.29, 1.82) is 10.5 Å². The Balaban J connectivity index is 2.75. The molecule has 0 saturated carbocycles. The molecule has 0 aliphatic heterocycles. The minimum Gasteiger partial charge on any atom is -0.192 e. The van der Waals surface area contributed by atoms with Crippen LogP contribution in [-0.4, -0.2) is 0 Å². The topological polar surface area (TPSA) is 47.6 Å². The van der Waals surface area contributed by atoms with Crippen LogP contribution in [0, 0.1) is 28.0 Å². The van der Waals surface area contributed by atoms with Crippen LogP contribution in [0.4, 0.5) is 0 Å². The molecule has 2 nitrogen and oxygen atoms in total. The number of nitriles is 2. The zero-order valence-corrected chi connectivity index (χ0v) is 8.51. The van der Waals surface area contributed by atoms with Crippen LogP contribution >= 0.6 is 11.3 Å². The third kappa shape index (κ3) is 1.61. The molecule has 15 heavy (non-hydrogen) atoms. The number of benzene rings is 1. The van der Waals surface area contributed by atoms with Gasteiger partial charge in [-0.05, 0) is 24.3 Å². The van der Waals surface area contributed by atoms with E-state index in [0.717, 1.165) is 4.88 Å². The Morgan fingerprint density at radius 1 is 1.07 bits per heavy atom. The van der Waals surface area contributed by atoms with Gasteiger partial charge in [0.15, 0.2) is 0 Å². The lowest BCUT2D eigenvalue weighted by Crippen LogP contribution is -1.86. The Kier molecular flexibility index (Phi) is 2.49. The smallest absolute Gasteiger partial charge is 0.0998 e. The molecular weight excluding hydrogens is 204 g/mol. The van der Waals surface area contributed by atoms with Gasteiger partial charge < -0.3 is 0 Å². The van der Waals surface area contributed by atoms with Gasteiger partial charge in [0.1, 0.15) is 0 Å². The van der Waals surface area contributed by atoms with Crippen molar-refractivity contribution in [1.82, 2.24) is 0 Å². The molecular formula is C12H5N2S. The molecule has 2 rings (SSSR count). The Hall–Kier alpha value is -2.10. The lowest BCUT2D eigenvalue weighted by molar-refractivity contribution is 1.45. The highest BCUT2D eigenvalue weighted by molar-refractivity contribution is 7.13. The van der Waals surface area contributed by atoms with Gasteiger partial charge in [-0.2, -0.15) is 10.5 Å². The van der Waals surface area contributed by atoms with Crippen molar-refractivity contribution in [3.63, 3.8) is 0 Å². The van der Waals surface area contributed by atoms with Gasteiger partial charge in [-0.25, -0.2) is 0 Å². The van der Waals surface area contributed by atoms with E-state index in [-0.39, 0.29) is 0 Å².